The Labute approximate surface area is 153 Å². The molecule has 1 unspecified atom stereocenters. The number of ether oxygens (including phenoxy) is 1. The molecule has 0 spiro atoms. The maximum absolute atomic E-state index is 12.5. The van der Waals surface area contributed by atoms with Crippen molar-refractivity contribution >= 4 is 17.4 Å². The Kier molecular flexibility index (Phi) is 5.11. The van der Waals surface area contributed by atoms with Crippen molar-refractivity contribution in [2.24, 2.45) is 5.10 Å². The van der Waals surface area contributed by atoms with Crippen LogP contribution in [0.4, 0.5) is 10.5 Å². The van der Waals surface area contributed by atoms with E-state index in [1.807, 2.05) is 56.3 Å². The Morgan fingerprint density at radius 1 is 1.31 bits per heavy atom. The van der Waals surface area contributed by atoms with Gasteiger partial charge in [-0.1, -0.05) is 12.1 Å². The Morgan fingerprint density at radius 3 is 2.69 bits per heavy atom. The zero-order valence-electron chi connectivity index (χ0n) is 15.3. The lowest BCUT2D eigenvalue weighted by Gasteiger charge is -2.23. The Bertz CT molecular complexity index is 830. The first-order valence-corrected chi connectivity index (χ1v) is 8.72. The number of urea groups is 1. The molecule has 136 valence electrons. The highest BCUT2D eigenvalue weighted by atomic mass is 16.5. The Hall–Kier alpha value is -3.02. The number of nitrogens with zero attached hydrogens (tertiary/aromatic N) is 2. The number of methoxy groups -OCH3 is 1. The van der Waals surface area contributed by atoms with Crippen molar-refractivity contribution in [2.45, 2.75) is 26.3 Å². The van der Waals surface area contributed by atoms with E-state index in [2.05, 4.69) is 5.32 Å². The smallest absolute Gasteiger partial charge is 0.338 e. The van der Waals surface area contributed by atoms with Gasteiger partial charge in [-0.25, -0.2) is 9.80 Å². The van der Waals surface area contributed by atoms with Gasteiger partial charge in [0.05, 0.1) is 18.9 Å². The van der Waals surface area contributed by atoms with Gasteiger partial charge in [0.1, 0.15) is 5.75 Å². The molecule has 0 saturated carbocycles. The number of fused-ring (bicyclic) bond motifs is 1. The number of carbonyl (C=O) groups excluding carboxylic acids is 1. The van der Waals surface area contributed by atoms with Crippen LogP contribution in [0.5, 0.6) is 5.75 Å². The van der Waals surface area contributed by atoms with E-state index in [4.69, 9.17) is 15.6 Å². The molecule has 3 rings (SSSR count). The third kappa shape index (κ3) is 3.49. The molecule has 0 aliphatic carbocycles. The third-order valence-electron chi connectivity index (χ3n) is 4.43. The summed E-state index contributed by atoms with van der Waals surface area (Å²) in [5.74, 6) is 0.791. The second-order valence-electron chi connectivity index (χ2n) is 6.33. The van der Waals surface area contributed by atoms with Crippen LogP contribution in [-0.2, 0) is 6.42 Å². The molecule has 6 nitrogen and oxygen atoms in total. The van der Waals surface area contributed by atoms with Gasteiger partial charge >= 0.3 is 6.03 Å². The van der Waals surface area contributed by atoms with E-state index in [1.54, 1.807) is 7.11 Å². The molecule has 1 heterocycles. The second-order valence-corrected chi connectivity index (χ2v) is 6.33. The van der Waals surface area contributed by atoms with E-state index in [0.29, 0.717) is 18.7 Å². The number of anilines is 1. The zero-order chi connectivity index (χ0) is 18.7. The number of nitrogens with one attached hydrogen (secondary N) is 1. The molecule has 0 saturated heterocycles. The zero-order valence-corrected chi connectivity index (χ0v) is 15.3. The summed E-state index contributed by atoms with van der Waals surface area (Å²) in [4.78, 5) is 12.5. The van der Waals surface area contributed by atoms with Gasteiger partial charge in [-0.2, -0.15) is 5.10 Å². The fraction of sp³-hybridized carbons (Fsp3) is 0.300. The molecule has 0 fully saturated rings. The van der Waals surface area contributed by atoms with Gasteiger partial charge in [0, 0.05) is 23.4 Å². The standard InChI is InChI=1S/C20H24N4O2/c1-4-22-20(25)24-13(2)11-15-12-17(26-3)9-10-18(15)19(23-24)14-5-7-16(21)8-6-14/h5-10,12-13H,4,11,21H2,1-3H3,(H,22,25). The van der Waals surface area contributed by atoms with E-state index in [1.165, 1.54) is 5.01 Å². The van der Waals surface area contributed by atoms with Gasteiger partial charge in [-0.15, -0.1) is 0 Å². The number of amides is 2. The summed E-state index contributed by atoms with van der Waals surface area (Å²) in [7, 11) is 1.65. The number of carbonyl (C=O) groups is 1. The van der Waals surface area contributed by atoms with Crippen molar-refractivity contribution in [3.8, 4) is 5.75 Å². The van der Waals surface area contributed by atoms with Crippen LogP contribution >= 0.6 is 0 Å². The summed E-state index contributed by atoms with van der Waals surface area (Å²) < 4.78 is 5.38. The molecular formula is C20H24N4O2. The van der Waals surface area contributed by atoms with Gasteiger partial charge in [-0.05, 0) is 56.2 Å². The molecule has 26 heavy (non-hydrogen) atoms. The average Bonchev–Trinajstić information content (AvgIpc) is 2.78. The summed E-state index contributed by atoms with van der Waals surface area (Å²) in [6.07, 6.45) is 0.686. The molecule has 0 radical (unpaired) electrons. The first-order valence-electron chi connectivity index (χ1n) is 8.72. The van der Waals surface area contributed by atoms with Crippen molar-refractivity contribution in [1.29, 1.82) is 0 Å². The minimum Gasteiger partial charge on any atom is -0.497 e. The third-order valence-corrected chi connectivity index (χ3v) is 4.43. The highest BCUT2D eigenvalue weighted by molar-refractivity contribution is 6.14. The SMILES string of the molecule is CCNC(=O)N1N=C(c2ccc(N)cc2)c2ccc(OC)cc2CC1C. The molecule has 0 aromatic heterocycles. The topological polar surface area (TPSA) is 80.0 Å². The van der Waals surface area contributed by atoms with E-state index >= 15 is 0 Å². The molecule has 1 aliphatic rings. The van der Waals surface area contributed by atoms with Gasteiger partial charge in [0.2, 0.25) is 0 Å². The number of hydrazone groups is 1. The molecule has 0 bridgehead atoms. The summed E-state index contributed by atoms with van der Waals surface area (Å²) in [5, 5.41) is 9.10. The largest absolute Gasteiger partial charge is 0.497 e. The van der Waals surface area contributed by atoms with E-state index in [0.717, 1.165) is 28.2 Å². The predicted octanol–water partition coefficient (Wildman–Crippen LogP) is 3.01. The van der Waals surface area contributed by atoms with E-state index in [-0.39, 0.29) is 12.1 Å². The summed E-state index contributed by atoms with van der Waals surface area (Å²) in [5.41, 5.74) is 10.3. The average molecular weight is 352 g/mol. The number of nitrogens with two attached hydrogens (primary N) is 1. The van der Waals surface area contributed by atoms with Crippen molar-refractivity contribution in [3.05, 3.63) is 59.2 Å². The van der Waals surface area contributed by atoms with E-state index in [9.17, 15) is 4.79 Å². The van der Waals surface area contributed by atoms with Crippen molar-refractivity contribution < 1.29 is 9.53 Å². The molecule has 2 aromatic rings. The van der Waals surface area contributed by atoms with Gasteiger partial charge in [0.25, 0.3) is 0 Å². The molecule has 1 atom stereocenters. The lowest BCUT2D eigenvalue weighted by Crippen LogP contribution is -2.42. The minimum atomic E-state index is -0.201. The molecule has 6 heteroatoms. The molecule has 1 aliphatic heterocycles. The predicted molar refractivity (Wildman–Crippen MR) is 104 cm³/mol. The lowest BCUT2D eigenvalue weighted by atomic mass is 9.94. The van der Waals surface area contributed by atoms with Gasteiger partial charge in [0.15, 0.2) is 0 Å². The van der Waals surface area contributed by atoms with Crippen LogP contribution in [0.25, 0.3) is 0 Å². The van der Waals surface area contributed by atoms with Crippen LogP contribution in [0.1, 0.15) is 30.5 Å². The maximum Gasteiger partial charge on any atom is 0.338 e. The Morgan fingerprint density at radius 2 is 2.04 bits per heavy atom. The Balaban J connectivity index is 2.14. The fourth-order valence-electron chi connectivity index (χ4n) is 3.09. The number of rotatable bonds is 3. The summed E-state index contributed by atoms with van der Waals surface area (Å²) in [6.45, 7) is 4.44. The number of hydrogen-bond acceptors (Lipinski definition) is 4. The molecule has 3 N–H and O–H groups in total. The van der Waals surface area contributed by atoms with Crippen LogP contribution < -0.4 is 15.8 Å². The first kappa shape index (κ1) is 17.8. The van der Waals surface area contributed by atoms with E-state index < -0.39 is 0 Å². The van der Waals surface area contributed by atoms with Crippen LogP contribution in [0, 0.1) is 0 Å². The van der Waals surface area contributed by atoms with Gasteiger partial charge in [-0.3, -0.25) is 0 Å². The molecular weight excluding hydrogens is 328 g/mol. The van der Waals surface area contributed by atoms with Crippen molar-refractivity contribution in [2.75, 3.05) is 19.4 Å². The van der Waals surface area contributed by atoms with Crippen molar-refractivity contribution in [1.82, 2.24) is 10.3 Å². The second kappa shape index (κ2) is 7.47. The molecule has 2 aromatic carbocycles. The molecule has 2 amide bonds. The van der Waals surface area contributed by atoms with Crippen LogP contribution in [0.3, 0.4) is 0 Å². The first-order chi connectivity index (χ1) is 12.5. The van der Waals surface area contributed by atoms with Crippen LogP contribution in [0.2, 0.25) is 0 Å². The minimum absolute atomic E-state index is 0.0845. The normalized spacial score (nSPS) is 16.3. The maximum atomic E-state index is 12.5. The monoisotopic (exact) mass is 352 g/mol. The number of hydrogen-bond donors (Lipinski definition) is 2. The fourth-order valence-corrected chi connectivity index (χ4v) is 3.09. The summed E-state index contributed by atoms with van der Waals surface area (Å²) >= 11 is 0. The van der Waals surface area contributed by atoms with Gasteiger partial charge < -0.3 is 15.8 Å². The van der Waals surface area contributed by atoms with Crippen molar-refractivity contribution in [3.63, 3.8) is 0 Å². The number of benzene rings is 2. The number of nitrogen functional groups attached to an aromatic ring is 1. The highest BCUT2D eigenvalue weighted by Crippen LogP contribution is 2.27. The lowest BCUT2D eigenvalue weighted by molar-refractivity contribution is 0.183. The van der Waals surface area contributed by atoms with Crippen LogP contribution in [-0.4, -0.2) is 36.4 Å². The summed E-state index contributed by atoms with van der Waals surface area (Å²) in [6, 6.07) is 13.2. The van der Waals surface area contributed by atoms with Crippen LogP contribution in [0.15, 0.2) is 47.6 Å². The highest BCUT2D eigenvalue weighted by Gasteiger charge is 2.27. The quantitative estimate of drug-likeness (QED) is 0.834.